The summed E-state index contributed by atoms with van der Waals surface area (Å²) in [5.41, 5.74) is 0. The molecule has 2 heterocycles. The maximum Gasteiger partial charge on any atom is 0.0594 e. The van der Waals surface area contributed by atoms with E-state index < -0.39 is 0 Å². The van der Waals surface area contributed by atoms with Crippen LogP contribution in [0.3, 0.4) is 0 Å². The Bertz CT molecular complexity index is 158. The van der Waals surface area contributed by atoms with Crippen LogP contribution in [0.2, 0.25) is 0 Å². The standard InChI is InChI=1S/C12H24N2O2/c1(5-14-6-10-16-11-7-14)4-13-12-2-8-15-9-3-12/h12-13H,1-11H2. The Morgan fingerprint density at radius 2 is 1.69 bits per heavy atom. The van der Waals surface area contributed by atoms with Crippen LogP contribution in [-0.2, 0) is 9.47 Å². The smallest absolute Gasteiger partial charge is 0.0594 e. The number of hydrogen-bond donors (Lipinski definition) is 1. The molecule has 94 valence electrons. The van der Waals surface area contributed by atoms with E-state index in [4.69, 9.17) is 9.47 Å². The number of hydrogen-bond acceptors (Lipinski definition) is 4. The minimum absolute atomic E-state index is 0.693. The van der Waals surface area contributed by atoms with E-state index in [0.29, 0.717) is 6.04 Å². The number of nitrogens with zero attached hydrogens (tertiary/aromatic N) is 1. The van der Waals surface area contributed by atoms with Gasteiger partial charge in [0.1, 0.15) is 0 Å². The third kappa shape index (κ3) is 4.37. The summed E-state index contributed by atoms with van der Waals surface area (Å²) in [5.74, 6) is 0. The van der Waals surface area contributed by atoms with Gasteiger partial charge in [0.2, 0.25) is 0 Å². The summed E-state index contributed by atoms with van der Waals surface area (Å²) in [7, 11) is 0. The molecule has 0 unspecified atom stereocenters. The molecule has 0 spiro atoms. The zero-order valence-corrected chi connectivity index (χ0v) is 10.1. The van der Waals surface area contributed by atoms with Gasteiger partial charge in [0.15, 0.2) is 0 Å². The largest absolute Gasteiger partial charge is 0.381 e. The molecule has 2 aliphatic rings. The summed E-state index contributed by atoms with van der Waals surface area (Å²) in [6, 6.07) is 0.693. The van der Waals surface area contributed by atoms with E-state index in [2.05, 4.69) is 10.2 Å². The summed E-state index contributed by atoms with van der Waals surface area (Å²) < 4.78 is 10.7. The molecule has 0 aromatic carbocycles. The third-order valence-corrected chi connectivity index (χ3v) is 3.41. The molecule has 0 saturated carbocycles. The number of nitrogens with one attached hydrogen (secondary N) is 1. The molecular weight excluding hydrogens is 204 g/mol. The van der Waals surface area contributed by atoms with Gasteiger partial charge in [0.25, 0.3) is 0 Å². The molecule has 16 heavy (non-hydrogen) atoms. The van der Waals surface area contributed by atoms with Crippen molar-refractivity contribution in [3.8, 4) is 0 Å². The van der Waals surface area contributed by atoms with Crippen LogP contribution >= 0.6 is 0 Å². The van der Waals surface area contributed by atoms with Crippen LogP contribution < -0.4 is 5.32 Å². The summed E-state index contributed by atoms with van der Waals surface area (Å²) in [6.45, 7) is 8.25. The fraction of sp³-hybridized carbons (Fsp3) is 1.00. The van der Waals surface area contributed by atoms with Crippen molar-refractivity contribution in [2.45, 2.75) is 25.3 Å². The zero-order valence-electron chi connectivity index (χ0n) is 10.1. The molecule has 2 fully saturated rings. The Hall–Kier alpha value is -0.160. The molecule has 2 rings (SSSR count). The highest BCUT2D eigenvalue weighted by molar-refractivity contribution is 4.70. The Kier molecular flexibility index (Phi) is 5.55. The quantitative estimate of drug-likeness (QED) is 0.694. The lowest BCUT2D eigenvalue weighted by atomic mass is 10.1. The molecule has 2 aliphatic heterocycles. The highest BCUT2D eigenvalue weighted by atomic mass is 16.5. The van der Waals surface area contributed by atoms with Crippen molar-refractivity contribution < 1.29 is 9.47 Å². The van der Waals surface area contributed by atoms with Crippen LogP contribution in [0.15, 0.2) is 0 Å². The second-order valence-corrected chi connectivity index (χ2v) is 4.65. The first kappa shape index (κ1) is 12.3. The second-order valence-electron chi connectivity index (χ2n) is 4.65. The van der Waals surface area contributed by atoms with Crippen LogP contribution in [0.4, 0.5) is 0 Å². The van der Waals surface area contributed by atoms with Gasteiger partial charge in [-0.15, -0.1) is 0 Å². The van der Waals surface area contributed by atoms with Crippen molar-refractivity contribution in [2.24, 2.45) is 0 Å². The van der Waals surface area contributed by atoms with Crippen molar-refractivity contribution in [3.63, 3.8) is 0 Å². The van der Waals surface area contributed by atoms with Gasteiger partial charge in [-0.3, -0.25) is 4.90 Å². The SMILES string of the molecule is C(CNC1CCOCC1)CN1CCOCC1. The predicted octanol–water partition coefficient (Wildman–Crippen LogP) is 0.477. The van der Waals surface area contributed by atoms with Crippen LogP contribution in [-0.4, -0.2) is 63.5 Å². The van der Waals surface area contributed by atoms with Crippen molar-refractivity contribution in [2.75, 3.05) is 52.6 Å². The van der Waals surface area contributed by atoms with Gasteiger partial charge in [-0.05, 0) is 32.4 Å². The lowest BCUT2D eigenvalue weighted by Gasteiger charge is -2.27. The first-order valence-corrected chi connectivity index (χ1v) is 6.56. The highest BCUT2D eigenvalue weighted by Crippen LogP contribution is 2.06. The van der Waals surface area contributed by atoms with Gasteiger partial charge in [-0.1, -0.05) is 0 Å². The molecule has 0 radical (unpaired) electrons. The molecule has 0 bridgehead atoms. The Morgan fingerprint density at radius 1 is 1.00 bits per heavy atom. The fourth-order valence-electron chi connectivity index (χ4n) is 2.34. The van der Waals surface area contributed by atoms with Gasteiger partial charge in [0.05, 0.1) is 13.2 Å². The molecule has 4 heteroatoms. The van der Waals surface area contributed by atoms with Crippen LogP contribution in [0, 0.1) is 0 Å². The monoisotopic (exact) mass is 228 g/mol. The number of rotatable bonds is 5. The minimum atomic E-state index is 0.693. The average molecular weight is 228 g/mol. The molecule has 4 nitrogen and oxygen atoms in total. The first-order chi connectivity index (χ1) is 7.95. The van der Waals surface area contributed by atoms with Gasteiger partial charge < -0.3 is 14.8 Å². The normalized spacial score (nSPS) is 24.8. The van der Waals surface area contributed by atoms with Crippen LogP contribution in [0.5, 0.6) is 0 Å². The summed E-state index contributed by atoms with van der Waals surface area (Å²) in [4.78, 5) is 2.50. The van der Waals surface area contributed by atoms with E-state index in [1.54, 1.807) is 0 Å². The van der Waals surface area contributed by atoms with E-state index >= 15 is 0 Å². The molecule has 0 aromatic rings. The van der Waals surface area contributed by atoms with Gasteiger partial charge in [-0.25, -0.2) is 0 Å². The molecular formula is C12H24N2O2. The molecule has 0 aliphatic carbocycles. The van der Waals surface area contributed by atoms with E-state index in [0.717, 1.165) is 46.1 Å². The molecule has 1 N–H and O–H groups in total. The van der Waals surface area contributed by atoms with Crippen molar-refractivity contribution in [1.82, 2.24) is 10.2 Å². The predicted molar refractivity (Wildman–Crippen MR) is 63.7 cm³/mol. The van der Waals surface area contributed by atoms with E-state index in [-0.39, 0.29) is 0 Å². The lowest BCUT2D eigenvalue weighted by molar-refractivity contribution is 0.0369. The van der Waals surface area contributed by atoms with Crippen molar-refractivity contribution >= 4 is 0 Å². The van der Waals surface area contributed by atoms with E-state index in [1.807, 2.05) is 0 Å². The molecule has 0 amide bonds. The van der Waals surface area contributed by atoms with E-state index in [9.17, 15) is 0 Å². The van der Waals surface area contributed by atoms with Crippen LogP contribution in [0.25, 0.3) is 0 Å². The number of morpholine rings is 1. The van der Waals surface area contributed by atoms with Crippen molar-refractivity contribution in [3.05, 3.63) is 0 Å². The summed E-state index contributed by atoms with van der Waals surface area (Å²) in [5, 5.41) is 3.62. The average Bonchev–Trinajstić information content (AvgIpc) is 2.37. The fourth-order valence-corrected chi connectivity index (χ4v) is 2.34. The third-order valence-electron chi connectivity index (χ3n) is 3.41. The van der Waals surface area contributed by atoms with Crippen LogP contribution in [0.1, 0.15) is 19.3 Å². The second kappa shape index (κ2) is 7.22. The van der Waals surface area contributed by atoms with Gasteiger partial charge in [-0.2, -0.15) is 0 Å². The van der Waals surface area contributed by atoms with E-state index in [1.165, 1.54) is 25.8 Å². The Balaban J connectivity index is 1.47. The minimum Gasteiger partial charge on any atom is -0.381 e. The maximum absolute atomic E-state index is 5.34. The Morgan fingerprint density at radius 3 is 2.44 bits per heavy atom. The summed E-state index contributed by atoms with van der Waals surface area (Å²) in [6.07, 6.45) is 3.60. The lowest BCUT2D eigenvalue weighted by Crippen LogP contribution is -2.39. The molecule has 0 atom stereocenters. The molecule has 0 aromatic heterocycles. The Labute approximate surface area is 98.3 Å². The summed E-state index contributed by atoms with van der Waals surface area (Å²) >= 11 is 0. The van der Waals surface area contributed by atoms with Gasteiger partial charge in [0, 0.05) is 32.3 Å². The molecule has 2 saturated heterocycles. The topological polar surface area (TPSA) is 33.7 Å². The first-order valence-electron chi connectivity index (χ1n) is 6.56. The number of ether oxygens (including phenoxy) is 2. The van der Waals surface area contributed by atoms with Gasteiger partial charge >= 0.3 is 0 Å². The highest BCUT2D eigenvalue weighted by Gasteiger charge is 2.13. The van der Waals surface area contributed by atoms with Crippen molar-refractivity contribution in [1.29, 1.82) is 0 Å². The zero-order chi connectivity index (χ0) is 11.1. The maximum atomic E-state index is 5.34.